The molecule has 0 saturated carbocycles. The van der Waals surface area contributed by atoms with Crippen molar-refractivity contribution in [3.8, 4) is 0 Å². The second-order valence-corrected chi connectivity index (χ2v) is 6.33. The van der Waals surface area contributed by atoms with E-state index >= 15 is 0 Å². The van der Waals surface area contributed by atoms with Gasteiger partial charge in [-0.1, -0.05) is 47.0 Å². The molecule has 1 rings (SSSR count). The highest BCUT2D eigenvalue weighted by Crippen LogP contribution is 2.23. The summed E-state index contributed by atoms with van der Waals surface area (Å²) in [4.78, 5) is 11.8. The molecule has 0 radical (unpaired) electrons. The summed E-state index contributed by atoms with van der Waals surface area (Å²) in [7, 11) is 0. The molecule has 0 aromatic heterocycles. The lowest BCUT2D eigenvalue weighted by atomic mass is 10.2. The summed E-state index contributed by atoms with van der Waals surface area (Å²) in [6, 6.07) is 5.20. The monoisotopic (exact) mass is 443 g/mol. The number of alkyl halides is 1. The summed E-state index contributed by atoms with van der Waals surface area (Å²) in [5.41, 5.74) is 0.638. The van der Waals surface area contributed by atoms with E-state index in [2.05, 4.69) is 43.8 Å². The van der Waals surface area contributed by atoms with Gasteiger partial charge in [0.1, 0.15) is 0 Å². The van der Waals surface area contributed by atoms with E-state index in [4.69, 9.17) is 11.6 Å². The number of halogens is 3. The number of nitrogens with one attached hydrogen (secondary N) is 1. The van der Waals surface area contributed by atoms with Crippen LogP contribution in [0.2, 0.25) is 5.02 Å². The molecule has 1 aromatic rings. The first-order chi connectivity index (χ1) is 8.65. The lowest BCUT2D eigenvalue weighted by Crippen LogP contribution is -2.24. The molecule has 1 amide bonds. The number of hydrogen-bond acceptors (Lipinski definition) is 1. The fraction of sp³-hybridized carbons (Fsp3) is 0.462. The van der Waals surface area contributed by atoms with Crippen molar-refractivity contribution in [1.82, 2.24) is 5.32 Å². The van der Waals surface area contributed by atoms with E-state index in [1.54, 1.807) is 18.2 Å². The standard InChI is InChI=1S/C13H16BrClINO/c14-11-9-10(5-6-12(11)15)13(18)17-8-4-2-1-3-7-16/h5-6,9H,1-4,7-8H2,(H,17,18). The summed E-state index contributed by atoms with van der Waals surface area (Å²) in [5.74, 6) is -0.0405. The molecule has 2 nitrogen and oxygen atoms in total. The fourth-order valence-electron chi connectivity index (χ4n) is 1.51. The number of rotatable bonds is 7. The second-order valence-electron chi connectivity index (χ2n) is 3.99. The summed E-state index contributed by atoms with van der Waals surface area (Å²) in [5, 5.41) is 3.53. The van der Waals surface area contributed by atoms with Crippen LogP contribution in [0.25, 0.3) is 0 Å². The summed E-state index contributed by atoms with van der Waals surface area (Å²) >= 11 is 11.6. The van der Waals surface area contributed by atoms with Crippen LogP contribution < -0.4 is 5.32 Å². The van der Waals surface area contributed by atoms with Gasteiger partial charge in [-0.3, -0.25) is 4.79 Å². The lowest BCUT2D eigenvalue weighted by Gasteiger charge is -2.06. The molecule has 0 bridgehead atoms. The predicted octanol–water partition coefficient (Wildman–Crippen LogP) is 4.83. The second kappa shape index (κ2) is 9.15. The maximum Gasteiger partial charge on any atom is 0.251 e. The Kier molecular flexibility index (Phi) is 8.26. The number of benzene rings is 1. The zero-order chi connectivity index (χ0) is 13.4. The zero-order valence-electron chi connectivity index (χ0n) is 10.0. The van der Waals surface area contributed by atoms with Gasteiger partial charge >= 0.3 is 0 Å². The molecule has 0 aliphatic carbocycles. The number of unbranched alkanes of at least 4 members (excludes halogenated alkanes) is 3. The van der Waals surface area contributed by atoms with Gasteiger partial charge in [0.25, 0.3) is 5.91 Å². The molecule has 0 aliphatic heterocycles. The van der Waals surface area contributed by atoms with E-state index in [1.807, 2.05) is 0 Å². The van der Waals surface area contributed by atoms with E-state index in [-0.39, 0.29) is 5.91 Å². The normalized spacial score (nSPS) is 10.4. The Bertz CT molecular complexity index is 401. The number of carbonyl (C=O) groups is 1. The molecule has 0 atom stereocenters. The third kappa shape index (κ3) is 5.89. The summed E-state index contributed by atoms with van der Waals surface area (Å²) < 4.78 is 1.96. The SMILES string of the molecule is O=C(NCCCCCCI)c1ccc(Cl)c(Br)c1. The summed E-state index contributed by atoms with van der Waals surface area (Å²) in [6.45, 7) is 0.736. The number of amides is 1. The van der Waals surface area contributed by atoms with Gasteiger partial charge in [0.15, 0.2) is 0 Å². The Morgan fingerprint density at radius 1 is 1.28 bits per heavy atom. The van der Waals surface area contributed by atoms with Crippen LogP contribution in [0.3, 0.4) is 0 Å². The zero-order valence-corrected chi connectivity index (χ0v) is 14.5. The van der Waals surface area contributed by atoms with Crippen molar-refractivity contribution in [2.75, 3.05) is 11.0 Å². The highest BCUT2D eigenvalue weighted by atomic mass is 127. The minimum atomic E-state index is -0.0405. The van der Waals surface area contributed by atoms with Gasteiger partial charge in [0.05, 0.1) is 5.02 Å². The molecule has 5 heteroatoms. The average molecular weight is 445 g/mol. The largest absolute Gasteiger partial charge is 0.352 e. The third-order valence-corrected chi connectivity index (χ3v) is 4.50. The Morgan fingerprint density at radius 3 is 2.67 bits per heavy atom. The smallest absolute Gasteiger partial charge is 0.251 e. The van der Waals surface area contributed by atoms with Gasteiger partial charge in [0, 0.05) is 16.6 Å². The quantitative estimate of drug-likeness (QED) is 0.364. The van der Waals surface area contributed by atoms with Crippen molar-refractivity contribution in [2.24, 2.45) is 0 Å². The molecule has 18 heavy (non-hydrogen) atoms. The van der Waals surface area contributed by atoms with Crippen LogP contribution >= 0.6 is 50.1 Å². The maximum absolute atomic E-state index is 11.8. The molecule has 0 spiro atoms. The average Bonchev–Trinajstić information content (AvgIpc) is 2.36. The van der Waals surface area contributed by atoms with Crippen LogP contribution in [-0.2, 0) is 0 Å². The van der Waals surface area contributed by atoms with Gasteiger partial charge in [-0.2, -0.15) is 0 Å². The molecule has 0 unspecified atom stereocenters. The van der Waals surface area contributed by atoms with Crippen molar-refractivity contribution in [1.29, 1.82) is 0 Å². The molecular formula is C13H16BrClINO. The van der Waals surface area contributed by atoms with Crippen LogP contribution in [0.5, 0.6) is 0 Å². The van der Waals surface area contributed by atoms with Crippen molar-refractivity contribution in [2.45, 2.75) is 25.7 Å². The first-order valence-electron chi connectivity index (χ1n) is 5.94. The third-order valence-electron chi connectivity index (χ3n) is 2.53. The van der Waals surface area contributed by atoms with Crippen LogP contribution in [0.15, 0.2) is 22.7 Å². The van der Waals surface area contributed by atoms with Crippen molar-refractivity contribution in [3.05, 3.63) is 33.3 Å². The maximum atomic E-state index is 11.8. The lowest BCUT2D eigenvalue weighted by molar-refractivity contribution is 0.0953. The Morgan fingerprint density at radius 2 is 2.00 bits per heavy atom. The van der Waals surface area contributed by atoms with Crippen LogP contribution in [0, 0.1) is 0 Å². The van der Waals surface area contributed by atoms with Gasteiger partial charge in [-0.15, -0.1) is 0 Å². The van der Waals surface area contributed by atoms with Gasteiger partial charge in [0.2, 0.25) is 0 Å². The Balaban J connectivity index is 2.30. The minimum absolute atomic E-state index is 0.0405. The molecule has 100 valence electrons. The Hall–Kier alpha value is 0.190. The highest BCUT2D eigenvalue weighted by Gasteiger charge is 2.06. The van der Waals surface area contributed by atoms with Crippen LogP contribution in [-0.4, -0.2) is 16.9 Å². The first kappa shape index (κ1) is 16.2. The molecule has 0 aliphatic rings. The van der Waals surface area contributed by atoms with Crippen LogP contribution in [0.1, 0.15) is 36.0 Å². The molecule has 0 saturated heterocycles. The molecule has 0 fully saturated rings. The predicted molar refractivity (Wildman–Crippen MR) is 88.8 cm³/mol. The topological polar surface area (TPSA) is 29.1 Å². The fourth-order valence-corrected chi connectivity index (χ4v) is 2.55. The van der Waals surface area contributed by atoms with Gasteiger partial charge in [-0.25, -0.2) is 0 Å². The van der Waals surface area contributed by atoms with E-state index in [0.29, 0.717) is 10.6 Å². The van der Waals surface area contributed by atoms with E-state index in [0.717, 1.165) is 17.4 Å². The van der Waals surface area contributed by atoms with E-state index in [1.165, 1.54) is 23.7 Å². The molecular weight excluding hydrogens is 428 g/mol. The minimum Gasteiger partial charge on any atom is -0.352 e. The Labute approximate surface area is 135 Å². The molecule has 1 aromatic carbocycles. The first-order valence-corrected chi connectivity index (χ1v) is 8.64. The van der Waals surface area contributed by atoms with Crippen molar-refractivity contribution < 1.29 is 4.79 Å². The van der Waals surface area contributed by atoms with Crippen molar-refractivity contribution in [3.63, 3.8) is 0 Å². The summed E-state index contributed by atoms with van der Waals surface area (Å²) in [6.07, 6.45) is 4.72. The van der Waals surface area contributed by atoms with Crippen molar-refractivity contribution >= 4 is 56.0 Å². The molecule has 1 N–H and O–H groups in total. The molecule has 0 heterocycles. The van der Waals surface area contributed by atoms with Gasteiger partial charge < -0.3 is 5.32 Å². The highest BCUT2D eigenvalue weighted by molar-refractivity contribution is 14.1. The number of hydrogen-bond donors (Lipinski definition) is 1. The van der Waals surface area contributed by atoms with Crippen LogP contribution in [0.4, 0.5) is 0 Å². The van der Waals surface area contributed by atoms with E-state index in [9.17, 15) is 4.79 Å². The number of carbonyl (C=O) groups excluding carboxylic acids is 1. The van der Waals surface area contributed by atoms with Gasteiger partial charge in [-0.05, 0) is 51.4 Å². The van der Waals surface area contributed by atoms with E-state index < -0.39 is 0 Å².